The molecule has 8 aromatic carbocycles. The molecule has 3 nitrogen and oxygen atoms in total. The summed E-state index contributed by atoms with van der Waals surface area (Å²) >= 11 is -0.265. The van der Waals surface area contributed by atoms with Gasteiger partial charge in [0.05, 0.1) is 0 Å². The molecule has 1 aliphatic rings. The van der Waals surface area contributed by atoms with Crippen LogP contribution in [0.1, 0.15) is 11.1 Å². The Labute approximate surface area is 335 Å². The van der Waals surface area contributed by atoms with Gasteiger partial charge in [-0.15, -0.1) is 0 Å². The molecular weight excluding hydrogens is 795 g/mol. The molecule has 0 saturated carbocycles. The first-order valence-electron chi connectivity index (χ1n) is 18.9. The number of para-hydroxylation sites is 4. The van der Waals surface area contributed by atoms with Crippen LogP contribution in [0.4, 0.5) is 17.1 Å². The van der Waals surface area contributed by atoms with E-state index in [2.05, 4.69) is 204 Å². The van der Waals surface area contributed by atoms with Gasteiger partial charge in [-0.05, 0) is 18.2 Å². The average molecular weight is 830 g/mol. The summed E-state index contributed by atoms with van der Waals surface area (Å²) in [6.07, 6.45) is 4.63. The number of anilines is 3. The molecule has 0 atom stereocenters. The molecular formula is C52H34IN2O-. The molecule has 0 radical (unpaired) electrons. The molecule has 56 heavy (non-hydrogen) atoms. The summed E-state index contributed by atoms with van der Waals surface area (Å²) < 4.78 is 11.7. The molecule has 11 rings (SSSR count). The molecule has 0 amide bonds. The van der Waals surface area contributed by atoms with Gasteiger partial charge in [0.1, 0.15) is 5.58 Å². The Kier molecular flexibility index (Phi) is 7.95. The van der Waals surface area contributed by atoms with E-state index in [-0.39, 0.29) is 21.2 Å². The van der Waals surface area contributed by atoms with Gasteiger partial charge in [-0.2, -0.15) is 0 Å². The van der Waals surface area contributed by atoms with Gasteiger partial charge in [-0.3, -0.25) is 0 Å². The fraction of sp³-hybridized carbons (Fsp3) is 0. The predicted molar refractivity (Wildman–Crippen MR) is 231 cm³/mol. The van der Waals surface area contributed by atoms with Crippen LogP contribution < -0.4 is 26.1 Å². The van der Waals surface area contributed by atoms with Gasteiger partial charge < -0.3 is 4.42 Å². The van der Waals surface area contributed by atoms with E-state index in [1.165, 1.54) is 40.1 Å². The summed E-state index contributed by atoms with van der Waals surface area (Å²) in [5.74, 6) is 0. The van der Waals surface area contributed by atoms with Crippen molar-refractivity contribution in [3.63, 3.8) is 0 Å². The number of rotatable bonds is 7. The molecule has 3 heterocycles. The van der Waals surface area contributed by atoms with E-state index in [1.807, 2.05) is 12.1 Å². The molecule has 0 N–H and O–H groups in total. The number of nitrogens with zero attached hydrogens (tertiary/aromatic N) is 2. The first kappa shape index (κ1) is 32.8. The maximum atomic E-state index is 6.43. The number of hydrogen-bond acceptors (Lipinski definition) is 2. The van der Waals surface area contributed by atoms with Gasteiger partial charge in [0.25, 0.3) is 0 Å². The van der Waals surface area contributed by atoms with Crippen molar-refractivity contribution in [2.75, 3.05) is 4.90 Å². The van der Waals surface area contributed by atoms with Crippen molar-refractivity contribution in [1.29, 1.82) is 0 Å². The summed E-state index contributed by atoms with van der Waals surface area (Å²) in [4.78, 5) is 2.38. The number of allylic oxidation sites excluding steroid dienone is 2. The minimum atomic E-state index is -0.265. The van der Waals surface area contributed by atoms with Crippen LogP contribution in [0.3, 0.4) is 0 Å². The van der Waals surface area contributed by atoms with Gasteiger partial charge in [0.2, 0.25) is 0 Å². The normalized spacial score (nSPS) is 12.9. The molecule has 0 spiro atoms. The van der Waals surface area contributed by atoms with Gasteiger partial charge in [0.15, 0.2) is 0 Å². The Morgan fingerprint density at radius 2 is 0.982 bits per heavy atom. The molecule has 2 aromatic heterocycles. The molecule has 0 aliphatic carbocycles. The van der Waals surface area contributed by atoms with Crippen LogP contribution in [0, 0.1) is 0 Å². The fourth-order valence-corrected chi connectivity index (χ4v) is 10.8. The van der Waals surface area contributed by atoms with E-state index in [0.717, 1.165) is 55.8 Å². The Bertz CT molecular complexity index is 3140. The minimum absolute atomic E-state index is 0.265. The first-order chi connectivity index (χ1) is 27.8. The number of halogens is 1. The van der Waals surface area contributed by atoms with Crippen LogP contribution in [0.2, 0.25) is 0 Å². The van der Waals surface area contributed by atoms with Crippen LogP contribution in [0.25, 0.3) is 67.7 Å². The molecule has 10 aromatic rings. The topological polar surface area (TPSA) is 21.3 Å². The average Bonchev–Trinajstić information content (AvgIpc) is 4.00. The maximum absolute atomic E-state index is 6.43. The van der Waals surface area contributed by atoms with Crippen molar-refractivity contribution in [2.24, 2.45) is 0 Å². The van der Waals surface area contributed by atoms with E-state index in [9.17, 15) is 0 Å². The zero-order chi connectivity index (χ0) is 37.0. The van der Waals surface area contributed by atoms with E-state index in [4.69, 9.17) is 4.42 Å². The Morgan fingerprint density at radius 1 is 0.411 bits per heavy atom. The number of fused-ring (bicyclic) bond motifs is 6. The second-order valence-electron chi connectivity index (χ2n) is 14.1. The van der Waals surface area contributed by atoms with Crippen molar-refractivity contribution >= 4 is 68.0 Å². The third kappa shape index (κ3) is 5.56. The van der Waals surface area contributed by atoms with E-state index in [1.54, 1.807) is 0 Å². The molecule has 4 heteroatoms. The molecule has 0 saturated heterocycles. The molecule has 0 unspecified atom stereocenters. The van der Waals surface area contributed by atoms with Gasteiger partial charge >= 0.3 is 244 Å². The third-order valence-corrected chi connectivity index (χ3v) is 13.9. The molecule has 0 bridgehead atoms. The van der Waals surface area contributed by atoms with Gasteiger partial charge in [-0.25, -0.2) is 0 Å². The molecule has 266 valence electrons. The second-order valence-corrected chi connectivity index (χ2v) is 17.0. The number of furan rings is 1. The zero-order valence-electron chi connectivity index (χ0n) is 30.3. The van der Waals surface area contributed by atoms with Crippen molar-refractivity contribution in [1.82, 2.24) is 4.57 Å². The van der Waals surface area contributed by atoms with Crippen molar-refractivity contribution in [3.8, 4) is 16.8 Å². The summed E-state index contributed by atoms with van der Waals surface area (Å²) in [5, 5.41) is 4.73. The van der Waals surface area contributed by atoms with Crippen LogP contribution in [-0.4, -0.2) is 4.57 Å². The Balaban J connectivity index is 1.02. The van der Waals surface area contributed by atoms with Crippen LogP contribution in [0.15, 0.2) is 211 Å². The van der Waals surface area contributed by atoms with Crippen LogP contribution >= 0.6 is 0 Å². The molecule has 0 fully saturated rings. The van der Waals surface area contributed by atoms with E-state index >= 15 is 0 Å². The Morgan fingerprint density at radius 3 is 1.73 bits per heavy atom. The summed E-state index contributed by atoms with van der Waals surface area (Å²) in [6.45, 7) is 0. The summed E-state index contributed by atoms with van der Waals surface area (Å²) in [6, 6.07) is 69.9. The van der Waals surface area contributed by atoms with Crippen LogP contribution in [-0.2, 0) is 0 Å². The van der Waals surface area contributed by atoms with Gasteiger partial charge in [0, 0.05) is 10.8 Å². The first-order valence-corrected chi connectivity index (χ1v) is 21.0. The van der Waals surface area contributed by atoms with E-state index < -0.39 is 0 Å². The summed E-state index contributed by atoms with van der Waals surface area (Å²) in [5.41, 5.74) is 13.5. The monoisotopic (exact) mass is 829 g/mol. The number of aromatic nitrogens is 1. The third-order valence-electron chi connectivity index (χ3n) is 10.8. The molecule has 1 aliphatic heterocycles. The fourth-order valence-electron chi connectivity index (χ4n) is 8.15. The second kappa shape index (κ2) is 13.6. The SMILES string of the molecule is C1=C(c2ccccc2)[I-]C(c2ccc(N(c3ccc(-c4cccc5c4oc4ccccc45)cc3)c3ccc4c(c3)c3ccccc3n4-c3ccccc3)cc2)=C1. The van der Waals surface area contributed by atoms with Crippen molar-refractivity contribution in [3.05, 3.63) is 217 Å². The van der Waals surface area contributed by atoms with Crippen LogP contribution in [0.5, 0.6) is 0 Å². The standard InChI is InChI=1S/C52H34IN2O/c1-3-12-36(13-4-1)47-31-32-48(53-47)37-24-28-40(29-25-37)54(39-26-22-35(23-27-39)42-18-11-19-45-44-17-8-10-21-51(44)56-52(42)45)41-30-33-50-46(34-41)43-16-7-9-20-49(43)55(50)38-14-5-2-6-15-38/h1-34H/q-1. The quantitative estimate of drug-likeness (QED) is 0.149. The number of benzene rings is 8. The van der Waals surface area contributed by atoms with E-state index in [0.29, 0.717) is 0 Å². The van der Waals surface area contributed by atoms with Crippen molar-refractivity contribution < 1.29 is 25.6 Å². The predicted octanol–water partition coefficient (Wildman–Crippen LogP) is 11.3. The number of hydrogen-bond donors (Lipinski definition) is 0. The van der Waals surface area contributed by atoms with Gasteiger partial charge in [-0.1, -0.05) is 54.6 Å². The van der Waals surface area contributed by atoms with Crippen molar-refractivity contribution in [2.45, 2.75) is 0 Å². The Hall–Kier alpha value is -6.63. The summed E-state index contributed by atoms with van der Waals surface area (Å²) in [7, 11) is 0. The zero-order valence-corrected chi connectivity index (χ0v) is 32.5.